The molecular formula is C13H13F3N2. The first-order valence-electron chi connectivity index (χ1n) is 5.63. The fourth-order valence-electron chi connectivity index (χ4n) is 2.07. The van der Waals surface area contributed by atoms with Crippen molar-refractivity contribution < 1.29 is 13.2 Å². The molecule has 0 fully saturated rings. The molecule has 2 rings (SSSR count). The molecule has 0 unspecified atom stereocenters. The fourth-order valence-corrected chi connectivity index (χ4v) is 2.07. The highest BCUT2D eigenvalue weighted by Crippen LogP contribution is 2.38. The fraction of sp³-hybridized carbons (Fsp3) is 0.308. The Morgan fingerprint density at radius 1 is 1.17 bits per heavy atom. The van der Waals surface area contributed by atoms with Crippen molar-refractivity contribution in [2.24, 2.45) is 7.05 Å². The summed E-state index contributed by atoms with van der Waals surface area (Å²) in [5.41, 5.74) is 0.518. The van der Waals surface area contributed by atoms with E-state index in [1.807, 2.05) is 6.92 Å². The maximum Gasteiger partial charge on any atom is 0.435 e. The molecule has 18 heavy (non-hydrogen) atoms. The van der Waals surface area contributed by atoms with E-state index in [-0.39, 0.29) is 5.56 Å². The first-order chi connectivity index (χ1) is 8.45. The molecule has 0 aliphatic carbocycles. The lowest BCUT2D eigenvalue weighted by Crippen LogP contribution is -2.08. The van der Waals surface area contributed by atoms with Crippen molar-refractivity contribution in [1.82, 2.24) is 9.78 Å². The largest absolute Gasteiger partial charge is 0.435 e. The minimum Gasteiger partial charge on any atom is -0.271 e. The molecule has 0 saturated heterocycles. The van der Waals surface area contributed by atoms with Crippen LogP contribution in [0.1, 0.15) is 18.3 Å². The van der Waals surface area contributed by atoms with Gasteiger partial charge in [0.2, 0.25) is 0 Å². The van der Waals surface area contributed by atoms with Crippen LogP contribution in [0.4, 0.5) is 13.2 Å². The lowest BCUT2D eigenvalue weighted by molar-refractivity contribution is -0.140. The second-order valence-corrected chi connectivity index (χ2v) is 4.01. The highest BCUT2D eigenvalue weighted by molar-refractivity contribution is 5.69. The summed E-state index contributed by atoms with van der Waals surface area (Å²) in [6.45, 7) is 1.82. The Labute approximate surface area is 103 Å². The molecule has 0 aliphatic heterocycles. The Morgan fingerprint density at radius 3 is 2.28 bits per heavy atom. The third-order valence-electron chi connectivity index (χ3n) is 2.83. The van der Waals surface area contributed by atoms with Gasteiger partial charge in [0, 0.05) is 18.3 Å². The van der Waals surface area contributed by atoms with Crippen LogP contribution in [0.25, 0.3) is 11.1 Å². The summed E-state index contributed by atoms with van der Waals surface area (Å²) in [6.07, 6.45) is -3.93. The maximum absolute atomic E-state index is 13.0. The van der Waals surface area contributed by atoms with Crippen molar-refractivity contribution in [3.05, 3.63) is 41.7 Å². The summed E-state index contributed by atoms with van der Waals surface area (Å²) < 4.78 is 40.3. The molecule has 96 valence electrons. The molecule has 0 bridgehead atoms. The van der Waals surface area contributed by atoms with Crippen LogP contribution in [0.15, 0.2) is 30.3 Å². The summed E-state index contributed by atoms with van der Waals surface area (Å²) in [4.78, 5) is 0. The second-order valence-electron chi connectivity index (χ2n) is 4.01. The van der Waals surface area contributed by atoms with Crippen LogP contribution in [0, 0.1) is 0 Å². The quantitative estimate of drug-likeness (QED) is 0.799. The molecule has 2 nitrogen and oxygen atoms in total. The highest BCUT2D eigenvalue weighted by Gasteiger charge is 2.38. The van der Waals surface area contributed by atoms with Crippen molar-refractivity contribution in [2.75, 3.05) is 0 Å². The molecule has 1 aromatic heterocycles. The van der Waals surface area contributed by atoms with Gasteiger partial charge in [-0.3, -0.25) is 4.68 Å². The average Bonchev–Trinajstić information content (AvgIpc) is 2.67. The Morgan fingerprint density at radius 2 is 1.78 bits per heavy atom. The van der Waals surface area contributed by atoms with Crippen LogP contribution in [-0.4, -0.2) is 9.78 Å². The number of halogens is 3. The van der Waals surface area contributed by atoms with Gasteiger partial charge in [0.15, 0.2) is 5.69 Å². The van der Waals surface area contributed by atoms with Crippen LogP contribution in [0.5, 0.6) is 0 Å². The predicted molar refractivity (Wildman–Crippen MR) is 63.0 cm³/mol. The van der Waals surface area contributed by atoms with Crippen LogP contribution < -0.4 is 0 Å². The zero-order valence-corrected chi connectivity index (χ0v) is 10.1. The Bertz CT molecular complexity index is 541. The molecule has 0 atom stereocenters. The lowest BCUT2D eigenvalue weighted by Gasteiger charge is -2.08. The van der Waals surface area contributed by atoms with Crippen LogP contribution in [0.3, 0.4) is 0 Å². The average molecular weight is 254 g/mol. The van der Waals surface area contributed by atoms with Gasteiger partial charge in [-0.05, 0) is 12.0 Å². The predicted octanol–water partition coefficient (Wildman–Crippen LogP) is 3.67. The van der Waals surface area contributed by atoms with Crippen LogP contribution in [0.2, 0.25) is 0 Å². The second kappa shape index (κ2) is 4.48. The van der Waals surface area contributed by atoms with E-state index in [0.717, 1.165) is 0 Å². The Kier molecular flexibility index (Phi) is 3.15. The first kappa shape index (κ1) is 12.7. The maximum atomic E-state index is 13.0. The highest BCUT2D eigenvalue weighted by atomic mass is 19.4. The van der Waals surface area contributed by atoms with Crippen molar-refractivity contribution >= 4 is 0 Å². The summed E-state index contributed by atoms with van der Waals surface area (Å²) in [5, 5.41) is 3.62. The number of nitrogens with zero attached hydrogens (tertiary/aromatic N) is 2. The Hall–Kier alpha value is -1.78. The molecule has 0 aliphatic rings. The SMILES string of the molecule is CCc1c(-c2ccccc2)c(C(F)(F)F)nn1C. The van der Waals surface area contributed by atoms with Crippen molar-refractivity contribution in [2.45, 2.75) is 19.5 Å². The monoisotopic (exact) mass is 254 g/mol. The smallest absolute Gasteiger partial charge is 0.271 e. The van der Waals surface area contributed by atoms with E-state index in [0.29, 0.717) is 17.7 Å². The van der Waals surface area contributed by atoms with E-state index >= 15 is 0 Å². The summed E-state index contributed by atoms with van der Waals surface area (Å²) >= 11 is 0. The molecule has 0 spiro atoms. The van der Waals surface area contributed by atoms with Crippen molar-refractivity contribution in [3.8, 4) is 11.1 Å². The molecule has 5 heteroatoms. The molecule has 1 heterocycles. The number of rotatable bonds is 2. The molecule has 0 radical (unpaired) electrons. The van der Waals surface area contributed by atoms with Gasteiger partial charge in [-0.2, -0.15) is 18.3 Å². The third-order valence-corrected chi connectivity index (χ3v) is 2.83. The first-order valence-corrected chi connectivity index (χ1v) is 5.63. The minimum atomic E-state index is -4.43. The van der Waals surface area contributed by atoms with E-state index in [1.54, 1.807) is 37.4 Å². The van der Waals surface area contributed by atoms with Gasteiger partial charge in [0.05, 0.1) is 0 Å². The van der Waals surface area contributed by atoms with E-state index in [1.165, 1.54) is 4.68 Å². The van der Waals surface area contributed by atoms with E-state index in [2.05, 4.69) is 5.10 Å². The van der Waals surface area contributed by atoms with Gasteiger partial charge in [-0.15, -0.1) is 0 Å². The minimum absolute atomic E-state index is 0.188. The molecule has 0 saturated carbocycles. The van der Waals surface area contributed by atoms with Crippen molar-refractivity contribution in [1.29, 1.82) is 0 Å². The molecule has 1 aromatic carbocycles. The lowest BCUT2D eigenvalue weighted by atomic mass is 10.0. The normalized spacial score (nSPS) is 11.8. The van der Waals surface area contributed by atoms with Gasteiger partial charge in [0.25, 0.3) is 0 Å². The van der Waals surface area contributed by atoms with Gasteiger partial charge < -0.3 is 0 Å². The molecular weight excluding hydrogens is 241 g/mol. The number of alkyl halides is 3. The zero-order valence-electron chi connectivity index (χ0n) is 10.1. The zero-order chi connectivity index (χ0) is 13.3. The summed E-state index contributed by atoms with van der Waals surface area (Å²) in [5.74, 6) is 0. The van der Waals surface area contributed by atoms with Gasteiger partial charge in [-0.1, -0.05) is 37.3 Å². The van der Waals surface area contributed by atoms with E-state index in [4.69, 9.17) is 0 Å². The molecule has 0 amide bonds. The topological polar surface area (TPSA) is 17.8 Å². The summed E-state index contributed by atoms with van der Waals surface area (Å²) in [6, 6.07) is 8.57. The van der Waals surface area contributed by atoms with Gasteiger partial charge in [0.1, 0.15) is 0 Å². The van der Waals surface area contributed by atoms with E-state index < -0.39 is 11.9 Å². The standard InChI is InChI=1S/C13H13F3N2/c1-3-10-11(9-7-5-4-6-8-9)12(13(14,15)16)17-18(10)2/h4-8H,3H2,1-2H3. The molecule has 2 aromatic rings. The number of aromatic nitrogens is 2. The summed E-state index contributed by atoms with van der Waals surface area (Å²) in [7, 11) is 1.54. The van der Waals surface area contributed by atoms with Crippen molar-refractivity contribution in [3.63, 3.8) is 0 Å². The number of benzene rings is 1. The third kappa shape index (κ3) is 2.12. The van der Waals surface area contributed by atoms with Gasteiger partial charge in [-0.25, -0.2) is 0 Å². The van der Waals surface area contributed by atoms with Crippen LogP contribution in [-0.2, 0) is 19.6 Å². The molecule has 0 N–H and O–H groups in total. The number of hydrogen-bond acceptors (Lipinski definition) is 1. The van der Waals surface area contributed by atoms with Gasteiger partial charge >= 0.3 is 6.18 Å². The number of hydrogen-bond donors (Lipinski definition) is 0. The van der Waals surface area contributed by atoms with E-state index in [9.17, 15) is 13.2 Å². The van der Waals surface area contributed by atoms with Crippen LogP contribution >= 0.6 is 0 Å². The number of aryl methyl sites for hydroxylation is 1. The Balaban J connectivity index is 2.71.